The van der Waals surface area contributed by atoms with Crippen LogP contribution in [0.5, 0.6) is 0 Å². The molecular weight excluding hydrogens is 240 g/mol. The van der Waals surface area contributed by atoms with Crippen LogP contribution in [-0.4, -0.2) is 28.8 Å². The zero-order valence-corrected chi connectivity index (χ0v) is 11.9. The van der Waals surface area contributed by atoms with E-state index in [9.17, 15) is 4.79 Å². The highest BCUT2D eigenvalue weighted by Crippen LogP contribution is 2.15. The number of nitrogens with zero attached hydrogens (tertiary/aromatic N) is 2. The van der Waals surface area contributed by atoms with E-state index in [1.807, 2.05) is 10.7 Å². The van der Waals surface area contributed by atoms with Crippen molar-refractivity contribution in [2.24, 2.45) is 11.8 Å². The molecule has 0 bridgehead atoms. The summed E-state index contributed by atoms with van der Waals surface area (Å²) >= 11 is 0. The highest BCUT2D eigenvalue weighted by molar-refractivity contribution is 5.89. The number of aromatic nitrogens is 2. The fourth-order valence-corrected chi connectivity index (χ4v) is 2.43. The molecule has 1 aliphatic heterocycles. The van der Waals surface area contributed by atoms with Gasteiger partial charge in [-0.3, -0.25) is 4.79 Å². The fraction of sp³-hybridized carbons (Fsp3) is 0.714. The van der Waals surface area contributed by atoms with E-state index in [2.05, 4.69) is 29.6 Å². The van der Waals surface area contributed by atoms with Crippen molar-refractivity contribution >= 4 is 11.7 Å². The maximum absolute atomic E-state index is 11.9. The van der Waals surface area contributed by atoms with Crippen molar-refractivity contribution in [3.05, 3.63) is 12.3 Å². The van der Waals surface area contributed by atoms with Crippen LogP contribution in [-0.2, 0) is 11.3 Å². The third-order valence-corrected chi connectivity index (χ3v) is 3.46. The number of amides is 1. The Morgan fingerprint density at radius 3 is 3.16 bits per heavy atom. The lowest BCUT2D eigenvalue weighted by atomic mass is 10.0. The van der Waals surface area contributed by atoms with E-state index in [1.165, 1.54) is 6.42 Å². The summed E-state index contributed by atoms with van der Waals surface area (Å²) < 4.78 is 1.86. The first-order valence-electron chi connectivity index (χ1n) is 7.17. The molecule has 5 heteroatoms. The van der Waals surface area contributed by atoms with E-state index < -0.39 is 0 Å². The molecule has 1 fully saturated rings. The van der Waals surface area contributed by atoms with Gasteiger partial charge in [-0.05, 0) is 37.8 Å². The standard InChI is InChI=1S/C14H24N4O/c1-11(2)10-18-13(6-8-16-18)17-14(19)4-3-12-5-7-15-9-12/h6,8,11-12,15H,3-5,7,9-10H2,1-2H3,(H,17,19). The van der Waals surface area contributed by atoms with Crippen LogP contribution in [0.2, 0.25) is 0 Å². The van der Waals surface area contributed by atoms with Crippen LogP contribution in [0.4, 0.5) is 5.82 Å². The summed E-state index contributed by atoms with van der Waals surface area (Å²) in [6.07, 6.45) is 4.49. The van der Waals surface area contributed by atoms with Gasteiger partial charge >= 0.3 is 0 Å². The largest absolute Gasteiger partial charge is 0.316 e. The summed E-state index contributed by atoms with van der Waals surface area (Å²) in [4.78, 5) is 11.9. The lowest BCUT2D eigenvalue weighted by molar-refractivity contribution is -0.116. The predicted octanol–water partition coefficient (Wildman–Crippen LogP) is 1.87. The van der Waals surface area contributed by atoms with Gasteiger partial charge in [-0.1, -0.05) is 13.8 Å². The van der Waals surface area contributed by atoms with E-state index in [0.717, 1.165) is 31.9 Å². The molecule has 2 heterocycles. The Morgan fingerprint density at radius 2 is 2.47 bits per heavy atom. The molecule has 0 aliphatic carbocycles. The van der Waals surface area contributed by atoms with Gasteiger partial charge in [-0.2, -0.15) is 5.10 Å². The van der Waals surface area contributed by atoms with E-state index in [-0.39, 0.29) is 5.91 Å². The fourth-order valence-electron chi connectivity index (χ4n) is 2.43. The average Bonchev–Trinajstić information content (AvgIpc) is 2.98. The quantitative estimate of drug-likeness (QED) is 0.824. The minimum Gasteiger partial charge on any atom is -0.316 e. The van der Waals surface area contributed by atoms with Crippen LogP contribution in [0.3, 0.4) is 0 Å². The van der Waals surface area contributed by atoms with Gasteiger partial charge in [0.05, 0.1) is 6.20 Å². The van der Waals surface area contributed by atoms with Gasteiger partial charge in [-0.25, -0.2) is 4.68 Å². The van der Waals surface area contributed by atoms with Gasteiger partial charge in [0.15, 0.2) is 0 Å². The zero-order valence-electron chi connectivity index (χ0n) is 11.9. The molecule has 1 amide bonds. The van der Waals surface area contributed by atoms with Crippen molar-refractivity contribution in [3.8, 4) is 0 Å². The monoisotopic (exact) mass is 264 g/mol. The van der Waals surface area contributed by atoms with Gasteiger partial charge in [-0.15, -0.1) is 0 Å². The van der Waals surface area contributed by atoms with Gasteiger partial charge in [0.1, 0.15) is 5.82 Å². The Kier molecular flexibility index (Phi) is 4.96. The van der Waals surface area contributed by atoms with Crippen molar-refractivity contribution in [3.63, 3.8) is 0 Å². The molecule has 106 valence electrons. The van der Waals surface area contributed by atoms with Crippen LogP contribution in [0.25, 0.3) is 0 Å². The molecular formula is C14H24N4O. The minimum atomic E-state index is 0.0948. The summed E-state index contributed by atoms with van der Waals surface area (Å²) in [5, 5.41) is 10.5. The summed E-state index contributed by atoms with van der Waals surface area (Å²) in [7, 11) is 0. The number of hydrogen-bond donors (Lipinski definition) is 2. The number of carbonyl (C=O) groups excluding carboxylic acids is 1. The van der Waals surface area contributed by atoms with Crippen molar-refractivity contribution in [1.82, 2.24) is 15.1 Å². The molecule has 5 nitrogen and oxygen atoms in total. The summed E-state index contributed by atoms with van der Waals surface area (Å²) in [6, 6.07) is 1.86. The van der Waals surface area contributed by atoms with E-state index in [4.69, 9.17) is 0 Å². The number of anilines is 1. The van der Waals surface area contributed by atoms with E-state index in [0.29, 0.717) is 18.3 Å². The third-order valence-electron chi connectivity index (χ3n) is 3.46. The molecule has 0 radical (unpaired) electrons. The Labute approximate surface area is 114 Å². The van der Waals surface area contributed by atoms with Gasteiger partial charge < -0.3 is 10.6 Å². The number of rotatable bonds is 6. The molecule has 1 unspecified atom stereocenters. The van der Waals surface area contributed by atoms with Crippen LogP contribution in [0, 0.1) is 11.8 Å². The Balaban J connectivity index is 1.79. The maximum atomic E-state index is 11.9. The van der Waals surface area contributed by atoms with Crippen molar-refractivity contribution < 1.29 is 4.79 Å². The van der Waals surface area contributed by atoms with Crippen molar-refractivity contribution in [2.45, 2.75) is 39.7 Å². The lowest BCUT2D eigenvalue weighted by Crippen LogP contribution is -2.18. The number of carbonyl (C=O) groups is 1. The predicted molar refractivity (Wildman–Crippen MR) is 75.9 cm³/mol. The molecule has 0 aromatic carbocycles. The summed E-state index contributed by atoms with van der Waals surface area (Å²) in [5.74, 6) is 2.08. The Morgan fingerprint density at radius 1 is 1.63 bits per heavy atom. The molecule has 0 saturated carbocycles. The minimum absolute atomic E-state index is 0.0948. The molecule has 1 atom stereocenters. The second-order valence-electron chi connectivity index (χ2n) is 5.74. The zero-order chi connectivity index (χ0) is 13.7. The SMILES string of the molecule is CC(C)Cn1nccc1NC(=O)CCC1CCNC1. The topological polar surface area (TPSA) is 59.0 Å². The molecule has 1 aromatic heterocycles. The Hall–Kier alpha value is -1.36. The lowest BCUT2D eigenvalue weighted by Gasteiger charge is -2.12. The van der Waals surface area contributed by atoms with Gasteiger partial charge in [0.2, 0.25) is 5.91 Å². The number of nitrogens with one attached hydrogen (secondary N) is 2. The molecule has 0 spiro atoms. The van der Waals surface area contributed by atoms with Gasteiger partial charge in [0, 0.05) is 19.0 Å². The average molecular weight is 264 g/mol. The van der Waals surface area contributed by atoms with Crippen LogP contribution >= 0.6 is 0 Å². The smallest absolute Gasteiger partial charge is 0.225 e. The van der Waals surface area contributed by atoms with E-state index >= 15 is 0 Å². The Bertz CT molecular complexity index is 407. The van der Waals surface area contributed by atoms with Crippen LogP contribution < -0.4 is 10.6 Å². The first-order chi connectivity index (χ1) is 9.15. The maximum Gasteiger partial charge on any atom is 0.225 e. The molecule has 1 aliphatic rings. The van der Waals surface area contributed by atoms with Crippen molar-refractivity contribution in [2.75, 3.05) is 18.4 Å². The highest BCUT2D eigenvalue weighted by Gasteiger charge is 2.16. The highest BCUT2D eigenvalue weighted by atomic mass is 16.1. The normalized spacial score (nSPS) is 19.0. The molecule has 1 aromatic rings. The second-order valence-corrected chi connectivity index (χ2v) is 5.74. The third kappa shape index (κ3) is 4.35. The van der Waals surface area contributed by atoms with Crippen molar-refractivity contribution in [1.29, 1.82) is 0 Å². The van der Waals surface area contributed by atoms with Gasteiger partial charge in [0.25, 0.3) is 0 Å². The second kappa shape index (κ2) is 6.70. The number of hydrogen-bond acceptors (Lipinski definition) is 3. The molecule has 1 saturated heterocycles. The molecule has 2 N–H and O–H groups in total. The summed E-state index contributed by atoms with van der Waals surface area (Å²) in [6.45, 7) is 7.25. The first-order valence-corrected chi connectivity index (χ1v) is 7.17. The van der Waals surface area contributed by atoms with Crippen LogP contribution in [0.1, 0.15) is 33.1 Å². The van der Waals surface area contributed by atoms with E-state index in [1.54, 1.807) is 6.20 Å². The molecule has 19 heavy (non-hydrogen) atoms. The first kappa shape index (κ1) is 14.1. The van der Waals surface area contributed by atoms with Crippen LogP contribution in [0.15, 0.2) is 12.3 Å². The summed E-state index contributed by atoms with van der Waals surface area (Å²) in [5.41, 5.74) is 0. The molecule has 2 rings (SSSR count).